The van der Waals surface area contributed by atoms with Crippen molar-refractivity contribution in [2.45, 2.75) is 32.7 Å². The zero-order chi connectivity index (χ0) is 13.6. The molecule has 0 aliphatic carbocycles. The van der Waals surface area contributed by atoms with Gasteiger partial charge in [-0.2, -0.15) is 0 Å². The number of rotatable bonds is 6. The summed E-state index contributed by atoms with van der Waals surface area (Å²) in [6, 6.07) is 10.7. The van der Waals surface area contributed by atoms with Crippen LogP contribution in [0.5, 0.6) is 0 Å². The van der Waals surface area contributed by atoms with E-state index in [0.717, 1.165) is 26.2 Å². The predicted molar refractivity (Wildman–Crippen MR) is 81.9 cm³/mol. The van der Waals surface area contributed by atoms with E-state index in [1.807, 2.05) is 0 Å². The van der Waals surface area contributed by atoms with Crippen molar-refractivity contribution in [3.8, 4) is 0 Å². The Morgan fingerprint density at radius 3 is 2.74 bits per heavy atom. The maximum atomic E-state index is 6.06. The van der Waals surface area contributed by atoms with Gasteiger partial charge in [0.25, 0.3) is 0 Å². The van der Waals surface area contributed by atoms with Gasteiger partial charge in [0.15, 0.2) is 0 Å². The number of benzene rings is 1. The minimum Gasteiger partial charge on any atom is -0.330 e. The molecular weight excluding hydrogens is 232 g/mol. The van der Waals surface area contributed by atoms with Gasteiger partial charge in [0.05, 0.1) is 0 Å². The first-order valence-electron chi connectivity index (χ1n) is 7.42. The van der Waals surface area contributed by atoms with Gasteiger partial charge < -0.3 is 5.73 Å². The van der Waals surface area contributed by atoms with Crippen molar-refractivity contribution in [1.82, 2.24) is 4.90 Å². The highest BCUT2D eigenvalue weighted by Crippen LogP contribution is 2.30. The highest BCUT2D eigenvalue weighted by atomic mass is 15.1. The normalized spacial score (nSPS) is 23.7. The summed E-state index contributed by atoms with van der Waals surface area (Å²) in [6.45, 7) is 6.17. The summed E-state index contributed by atoms with van der Waals surface area (Å²) in [4.78, 5) is 2.51. The lowest BCUT2D eigenvalue weighted by Crippen LogP contribution is -2.44. The molecule has 2 rings (SSSR count). The summed E-state index contributed by atoms with van der Waals surface area (Å²) in [5.74, 6) is 0. The van der Waals surface area contributed by atoms with Crippen LogP contribution in [0.4, 0.5) is 0 Å². The third-order valence-corrected chi connectivity index (χ3v) is 4.06. The molecule has 2 heteroatoms. The second-order valence-corrected chi connectivity index (χ2v) is 5.73. The van der Waals surface area contributed by atoms with Crippen LogP contribution in [0.25, 0.3) is 0 Å². The Hall–Kier alpha value is -1.12. The van der Waals surface area contributed by atoms with Crippen molar-refractivity contribution in [2.24, 2.45) is 11.1 Å². The van der Waals surface area contributed by atoms with Crippen LogP contribution in [0.3, 0.4) is 0 Å². The van der Waals surface area contributed by atoms with Crippen molar-refractivity contribution in [2.75, 3.05) is 19.6 Å². The van der Waals surface area contributed by atoms with E-state index in [1.54, 1.807) is 0 Å². The Morgan fingerprint density at radius 2 is 2.05 bits per heavy atom. The highest BCUT2D eigenvalue weighted by Gasteiger charge is 2.29. The van der Waals surface area contributed by atoms with Crippen molar-refractivity contribution in [1.29, 1.82) is 0 Å². The molecule has 0 saturated heterocycles. The van der Waals surface area contributed by atoms with Gasteiger partial charge in [0.1, 0.15) is 0 Å². The molecule has 0 spiro atoms. The fraction of sp³-hybridized carbons (Fsp3) is 0.529. The van der Waals surface area contributed by atoms with Crippen LogP contribution < -0.4 is 5.73 Å². The van der Waals surface area contributed by atoms with Crippen LogP contribution in [0.1, 0.15) is 31.7 Å². The number of unbranched alkanes of at least 4 members (excludes halogenated alkanes) is 1. The Balaban J connectivity index is 1.99. The van der Waals surface area contributed by atoms with E-state index in [9.17, 15) is 0 Å². The van der Waals surface area contributed by atoms with E-state index >= 15 is 0 Å². The molecule has 1 aromatic carbocycles. The topological polar surface area (TPSA) is 29.3 Å². The molecule has 1 unspecified atom stereocenters. The van der Waals surface area contributed by atoms with Gasteiger partial charge in [0.2, 0.25) is 0 Å². The number of nitrogens with zero attached hydrogens (tertiary/aromatic N) is 1. The Kier molecular flexibility index (Phi) is 5.17. The van der Waals surface area contributed by atoms with E-state index in [4.69, 9.17) is 5.73 Å². The standard InChI is InChI=1S/C17H26N2/c1-2-3-10-17(14-18)11-7-12-19(15-17)13-16-8-5-4-6-9-16/h4-9,11H,2-3,10,12-15,18H2,1H3. The van der Waals surface area contributed by atoms with Crippen molar-refractivity contribution in [3.63, 3.8) is 0 Å². The summed E-state index contributed by atoms with van der Waals surface area (Å²) < 4.78 is 0. The number of nitrogens with two attached hydrogens (primary N) is 1. The molecule has 1 aliphatic rings. The van der Waals surface area contributed by atoms with Gasteiger partial charge in [0, 0.05) is 31.6 Å². The number of hydrogen-bond donors (Lipinski definition) is 1. The van der Waals surface area contributed by atoms with E-state index in [0.29, 0.717) is 0 Å². The van der Waals surface area contributed by atoms with Gasteiger partial charge in [-0.15, -0.1) is 0 Å². The van der Waals surface area contributed by atoms with Gasteiger partial charge in [-0.3, -0.25) is 4.90 Å². The second-order valence-electron chi connectivity index (χ2n) is 5.73. The molecule has 0 aromatic heterocycles. The third kappa shape index (κ3) is 3.92. The summed E-state index contributed by atoms with van der Waals surface area (Å²) in [5, 5.41) is 0. The molecule has 0 fully saturated rings. The van der Waals surface area contributed by atoms with Crippen LogP contribution in [-0.4, -0.2) is 24.5 Å². The zero-order valence-corrected chi connectivity index (χ0v) is 12.0. The summed E-state index contributed by atoms with van der Waals surface area (Å²) in [6.07, 6.45) is 8.38. The summed E-state index contributed by atoms with van der Waals surface area (Å²) in [7, 11) is 0. The van der Waals surface area contributed by atoms with Crippen molar-refractivity contribution in [3.05, 3.63) is 48.0 Å². The Morgan fingerprint density at radius 1 is 1.26 bits per heavy atom. The molecule has 0 bridgehead atoms. The first-order chi connectivity index (χ1) is 9.28. The third-order valence-electron chi connectivity index (χ3n) is 4.06. The molecule has 1 heterocycles. The fourth-order valence-corrected chi connectivity index (χ4v) is 2.90. The number of hydrogen-bond acceptors (Lipinski definition) is 2. The minimum absolute atomic E-state index is 0.197. The molecule has 1 aliphatic heterocycles. The monoisotopic (exact) mass is 258 g/mol. The first kappa shape index (κ1) is 14.3. The van der Waals surface area contributed by atoms with E-state index in [2.05, 4.69) is 54.3 Å². The average molecular weight is 258 g/mol. The van der Waals surface area contributed by atoms with Gasteiger partial charge in [-0.05, 0) is 12.0 Å². The maximum absolute atomic E-state index is 6.06. The van der Waals surface area contributed by atoms with E-state index in [1.165, 1.54) is 24.8 Å². The lowest BCUT2D eigenvalue weighted by molar-refractivity contribution is 0.172. The van der Waals surface area contributed by atoms with Crippen molar-refractivity contribution < 1.29 is 0 Å². The van der Waals surface area contributed by atoms with Gasteiger partial charge >= 0.3 is 0 Å². The van der Waals surface area contributed by atoms with Gasteiger partial charge in [-0.1, -0.05) is 62.2 Å². The second kappa shape index (κ2) is 6.88. The van der Waals surface area contributed by atoms with E-state index in [-0.39, 0.29) is 5.41 Å². The molecule has 0 amide bonds. The molecule has 1 atom stereocenters. The highest BCUT2D eigenvalue weighted by molar-refractivity contribution is 5.16. The molecule has 0 saturated carbocycles. The SMILES string of the molecule is CCCCC1(CN)C=CCN(Cc2ccccc2)C1. The molecule has 1 aromatic rings. The average Bonchev–Trinajstić information content (AvgIpc) is 2.46. The molecule has 2 N–H and O–H groups in total. The predicted octanol–water partition coefficient (Wildman–Crippen LogP) is 3.19. The fourth-order valence-electron chi connectivity index (χ4n) is 2.90. The first-order valence-corrected chi connectivity index (χ1v) is 7.42. The zero-order valence-electron chi connectivity index (χ0n) is 12.0. The lowest BCUT2D eigenvalue weighted by atomic mass is 9.80. The van der Waals surface area contributed by atoms with Crippen LogP contribution in [0.2, 0.25) is 0 Å². The minimum atomic E-state index is 0.197. The maximum Gasteiger partial charge on any atom is 0.0237 e. The van der Waals surface area contributed by atoms with Crippen LogP contribution in [0.15, 0.2) is 42.5 Å². The Labute approximate surface area is 117 Å². The quantitative estimate of drug-likeness (QED) is 0.794. The Bertz CT molecular complexity index is 399. The molecule has 2 nitrogen and oxygen atoms in total. The molecular formula is C17H26N2. The van der Waals surface area contributed by atoms with Crippen LogP contribution in [0, 0.1) is 5.41 Å². The summed E-state index contributed by atoms with van der Waals surface area (Å²) in [5.41, 5.74) is 7.64. The molecule has 104 valence electrons. The molecule has 19 heavy (non-hydrogen) atoms. The largest absolute Gasteiger partial charge is 0.330 e. The van der Waals surface area contributed by atoms with E-state index < -0.39 is 0 Å². The van der Waals surface area contributed by atoms with Crippen molar-refractivity contribution >= 4 is 0 Å². The smallest absolute Gasteiger partial charge is 0.0237 e. The molecule has 0 radical (unpaired) electrons. The van der Waals surface area contributed by atoms with Gasteiger partial charge in [-0.25, -0.2) is 0 Å². The van der Waals surface area contributed by atoms with Crippen LogP contribution >= 0.6 is 0 Å². The summed E-state index contributed by atoms with van der Waals surface area (Å²) >= 11 is 0. The lowest BCUT2D eigenvalue weighted by Gasteiger charge is -2.38. The van der Waals surface area contributed by atoms with Crippen LogP contribution in [-0.2, 0) is 6.54 Å².